The molecule has 0 saturated heterocycles. The first-order valence-corrected chi connectivity index (χ1v) is 10.5. The van der Waals surface area contributed by atoms with Gasteiger partial charge in [0.2, 0.25) is 0 Å². The van der Waals surface area contributed by atoms with Crippen LogP contribution < -0.4 is 15.0 Å². The second kappa shape index (κ2) is 10.4. The van der Waals surface area contributed by atoms with Crippen LogP contribution in [-0.4, -0.2) is 24.5 Å². The monoisotopic (exact) mass is 416 g/mol. The third-order valence-corrected chi connectivity index (χ3v) is 5.05. The van der Waals surface area contributed by atoms with Gasteiger partial charge in [-0.25, -0.2) is 0 Å². The lowest BCUT2D eigenvalue weighted by Gasteiger charge is -2.21. The minimum Gasteiger partial charge on any atom is -0.480 e. The molecule has 0 fully saturated rings. The van der Waals surface area contributed by atoms with Gasteiger partial charge in [-0.05, 0) is 68.3 Å². The number of anilines is 2. The first kappa shape index (κ1) is 22.1. The van der Waals surface area contributed by atoms with E-state index in [1.165, 1.54) is 0 Å². The van der Waals surface area contributed by atoms with E-state index in [1.807, 2.05) is 75.4 Å². The van der Waals surface area contributed by atoms with Crippen LogP contribution in [0.25, 0.3) is 0 Å². The maximum Gasteiger partial charge on any atom is 0.265 e. The summed E-state index contributed by atoms with van der Waals surface area (Å²) in [6.07, 6.45) is -0.0599. The molecule has 0 aliphatic rings. The third kappa shape index (κ3) is 5.51. The zero-order valence-corrected chi connectivity index (χ0v) is 18.2. The Hall–Kier alpha value is -3.60. The molecule has 5 heteroatoms. The normalized spacial score (nSPS) is 11.5. The molecule has 1 unspecified atom stereocenters. The number of carbonyl (C=O) groups excluding carboxylic acids is 2. The number of para-hydroxylation sites is 2. The summed E-state index contributed by atoms with van der Waals surface area (Å²) in [5, 5.41) is 2.88. The zero-order valence-electron chi connectivity index (χ0n) is 18.2. The van der Waals surface area contributed by atoms with Crippen LogP contribution in [0.1, 0.15) is 36.2 Å². The number of carbonyl (C=O) groups is 2. The smallest absolute Gasteiger partial charge is 0.265 e. The largest absolute Gasteiger partial charge is 0.480 e. The number of nitrogens with one attached hydrogen (secondary N) is 1. The van der Waals surface area contributed by atoms with Gasteiger partial charge in [0.1, 0.15) is 5.75 Å². The number of ether oxygens (including phenoxy) is 1. The van der Waals surface area contributed by atoms with Gasteiger partial charge >= 0.3 is 0 Å². The van der Waals surface area contributed by atoms with Crippen molar-refractivity contribution in [2.75, 3.05) is 16.8 Å². The van der Waals surface area contributed by atoms with Crippen molar-refractivity contribution in [1.82, 2.24) is 0 Å². The highest BCUT2D eigenvalue weighted by molar-refractivity contribution is 6.06. The molecule has 3 rings (SSSR count). The van der Waals surface area contributed by atoms with Gasteiger partial charge in [0.05, 0.1) is 0 Å². The Bertz CT molecular complexity index is 1020. The van der Waals surface area contributed by atoms with Crippen molar-refractivity contribution in [3.05, 3.63) is 90.0 Å². The van der Waals surface area contributed by atoms with Gasteiger partial charge in [-0.3, -0.25) is 9.59 Å². The van der Waals surface area contributed by atoms with Crippen molar-refractivity contribution >= 4 is 23.2 Å². The number of hydrogen-bond donors (Lipinski definition) is 1. The average molecular weight is 417 g/mol. The molecule has 2 amide bonds. The van der Waals surface area contributed by atoms with Gasteiger partial charge in [-0.2, -0.15) is 0 Å². The van der Waals surface area contributed by atoms with Crippen LogP contribution in [0.5, 0.6) is 5.75 Å². The van der Waals surface area contributed by atoms with Crippen molar-refractivity contribution in [2.24, 2.45) is 0 Å². The fourth-order valence-corrected chi connectivity index (χ4v) is 3.29. The Balaban J connectivity index is 1.67. The lowest BCUT2D eigenvalue weighted by atomic mass is 10.1. The maximum atomic E-state index is 12.9. The van der Waals surface area contributed by atoms with Gasteiger partial charge in [0.15, 0.2) is 6.10 Å². The lowest BCUT2D eigenvalue weighted by Crippen LogP contribution is -2.32. The van der Waals surface area contributed by atoms with Crippen molar-refractivity contribution in [2.45, 2.75) is 33.3 Å². The SMILES string of the molecule is CCC(Oc1ccccc1C)C(=O)Nc1ccc(C(=O)N(CC)c2ccccc2)cc1. The topological polar surface area (TPSA) is 58.6 Å². The molecule has 3 aromatic carbocycles. The van der Waals surface area contributed by atoms with Gasteiger partial charge in [-0.1, -0.05) is 43.3 Å². The molecule has 31 heavy (non-hydrogen) atoms. The highest BCUT2D eigenvalue weighted by atomic mass is 16.5. The van der Waals surface area contributed by atoms with E-state index >= 15 is 0 Å². The summed E-state index contributed by atoms with van der Waals surface area (Å²) in [6.45, 7) is 6.37. The molecule has 160 valence electrons. The van der Waals surface area contributed by atoms with E-state index in [-0.39, 0.29) is 11.8 Å². The van der Waals surface area contributed by atoms with Crippen LogP contribution in [0.2, 0.25) is 0 Å². The molecule has 0 bridgehead atoms. The Morgan fingerprint density at radius 3 is 2.16 bits per heavy atom. The third-order valence-electron chi connectivity index (χ3n) is 5.05. The second-order valence-corrected chi connectivity index (χ2v) is 7.23. The van der Waals surface area contributed by atoms with Gasteiger partial charge in [0, 0.05) is 23.5 Å². The average Bonchev–Trinajstić information content (AvgIpc) is 2.80. The molecule has 3 aromatic rings. The standard InChI is InChI=1S/C26H28N2O3/c1-4-23(31-24-14-10-9-11-19(24)3)25(29)27-21-17-15-20(16-18-21)26(30)28(5-2)22-12-7-6-8-13-22/h6-18,23H,4-5H2,1-3H3,(H,27,29). The van der Waals surface area contributed by atoms with Gasteiger partial charge < -0.3 is 15.0 Å². The highest BCUT2D eigenvalue weighted by Crippen LogP contribution is 2.21. The van der Waals surface area contributed by atoms with Crippen molar-refractivity contribution in [3.8, 4) is 5.75 Å². The number of rotatable bonds is 8. The highest BCUT2D eigenvalue weighted by Gasteiger charge is 2.20. The minimum atomic E-state index is -0.601. The summed E-state index contributed by atoms with van der Waals surface area (Å²) in [6, 6.07) is 24.1. The van der Waals surface area contributed by atoms with E-state index in [0.717, 1.165) is 11.3 Å². The van der Waals surface area contributed by atoms with Crippen LogP contribution in [-0.2, 0) is 4.79 Å². The fraction of sp³-hybridized carbons (Fsp3) is 0.231. The Morgan fingerprint density at radius 1 is 0.903 bits per heavy atom. The molecular formula is C26H28N2O3. The number of benzene rings is 3. The molecule has 0 aliphatic heterocycles. The van der Waals surface area contributed by atoms with E-state index in [2.05, 4.69) is 5.32 Å². The maximum absolute atomic E-state index is 12.9. The van der Waals surface area contributed by atoms with Crippen molar-refractivity contribution in [3.63, 3.8) is 0 Å². The summed E-state index contributed by atoms with van der Waals surface area (Å²) in [5.41, 5.74) is 3.02. The summed E-state index contributed by atoms with van der Waals surface area (Å²) in [7, 11) is 0. The molecule has 5 nitrogen and oxygen atoms in total. The molecular weight excluding hydrogens is 388 g/mol. The van der Waals surface area contributed by atoms with E-state index in [0.29, 0.717) is 30.0 Å². The quantitative estimate of drug-likeness (QED) is 0.531. The van der Waals surface area contributed by atoms with Crippen molar-refractivity contribution in [1.29, 1.82) is 0 Å². The van der Waals surface area contributed by atoms with E-state index < -0.39 is 6.10 Å². The summed E-state index contributed by atoms with van der Waals surface area (Å²) < 4.78 is 5.91. The zero-order chi connectivity index (χ0) is 22.2. The molecule has 0 saturated carbocycles. The summed E-state index contributed by atoms with van der Waals surface area (Å²) >= 11 is 0. The number of hydrogen-bond acceptors (Lipinski definition) is 3. The second-order valence-electron chi connectivity index (χ2n) is 7.23. The number of amides is 2. The number of nitrogens with zero attached hydrogens (tertiary/aromatic N) is 1. The molecule has 0 heterocycles. The molecule has 1 atom stereocenters. The van der Waals surface area contributed by atoms with Crippen LogP contribution in [0, 0.1) is 6.92 Å². The van der Waals surface area contributed by atoms with Crippen LogP contribution in [0.3, 0.4) is 0 Å². The lowest BCUT2D eigenvalue weighted by molar-refractivity contribution is -0.122. The first-order valence-electron chi connectivity index (χ1n) is 10.5. The minimum absolute atomic E-state index is 0.0825. The van der Waals surface area contributed by atoms with E-state index in [9.17, 15) is 9.59 Å². The predicted octanol–water partition coefficient (Wildman–Crippen LogP) is 5.46. The molecule has 0 radical (unpaired) electrons. The molecule has 0 aliphatic carbocycles. The Morgan fingerprint density at radius 2 is 1.55 bits per heavy atom. The van der Waals surface area contributed by atoms with Crippen LogP contribution in [0.15, 0.2) is 78.9 Å². The van der Waals surface area contributed by atoms with E-state index in [4.69, 9.17) is 4.74 Å². The van der Waals surface area contributed by atoms with Crippen LogP contribution >= 0.6 is 0 Å². The Labute approximate surface area is 183 Å². The van der Waals surface area contributed by atoms with Gasteiger partial charge in [0.25, 0.3) is 11.8 Å². The van der Waals surface area contributed by atoms with E-state index in [1.54, 1.807) is 29.2 Å². The Kier molecular flexibility index (Phi) is 7.44. The van der Waals surface area contributed by atoms with Crippen LogP contribution in [0.4, 0.5) is 11.4 Å². The molecule has 1 N–H and O–H groups in total. The van der Waals surface area contributed by atoms with Crippen molar-refractivity contribution < 1.29 is 14.3 Å². The van der Waals surface area contributed by atoms with Gasteiger partial charge in [-0.15, -0.1) is 0 Å². The predicted molar refractivity (Wildman–Crippen MR) is 125 cm³/mol. The molecule has 0 spiro atoms. The number of aryl methyl sites for hydroxylation is 1. The summed E-state index contributed by atoms with van der Waals surface area (Å²) in [4.78, 5) is 27.3. The fourth-order valence-electron chi connectivity index (χ4n) is 3.29. The first-order chi connectivity index (χ1) is 15.0. The summed E-state index contributed by atoms with van der Waals surface area (Å²) in [5.74, 6) is 0.399. The molecule has 0 aromatic heterocycles.